The Balaban J connectivity index is 1.99. The predicted octanol–water partition coefficient (Wildman–Crippen LogP) is 7.32. The number of rotatable bonds is 6. The summed E-state index contributed by atoms with van der Waals surface area (Å²) in [5, 5.41) is 1.66. The topological polar surface area (TPSA) is 17.1 Å². The Labute approximate surface area is 167 Å². The molecule has 3 rings (SSSR count). The Morgan fingerprint density at radius 3 is 2.08 bits per heavy atom. The lowest BCUT2D eigenvalue weighted by Crippen LogP contribution is -2.40. The second-order valence-electron chi connectivity index (χ2n) is 8.18. The first-order valence-corrected chi connectivity index (χ1v) is 14.5. The maximum Gasteiger partial charge on any atom is 0.175 e. The molecule has 3 heteroatoms. The number of ketones is 1. The fourth-order valence-corrected chi connectivity index (χ4v) is 12.6. The van der Waals surface area contributed by atoms with Gasteiger partial charge in [-0.3, -0.25) is 4.79 Å². The van der Waals surface area contributed by atoms with Crippen molar-refractivity contribution in [1.29, 1.82) is 0 Å². The SMILES string of the molecule is CC(C)S(I)(C1CCCCC1)C(C(=O)c1ccccc1)C1CCCC1. The van der Waals surface area contributed by atoms with Gasteiger partial charge in [-0.1, -0.05) is 76.3 Å². The quantitative estimate of drug-likeness (QED) is 0.313. The monoisotopic (exact) mass is 472 g/mol. The number of Topliss-reactive ketones (excluding diaryl/α,β-unsaturated/α-hetero) is 1. The largest absolute Gasteiger partial charge is 0.293 e. The molecule has 140 valence electrons. The molecule has 2 fully saturated rings. The molecule has 2 aliphatic carbocycles. The lowest BCUT2D eigenvalue weighted by molar-refractivity contribution is 0.0968. The number of halogens is 1. The Hall–Kier alpha value is -0.0300. The third-order valence-corrected chi connectivity index (χ3v) is 17.5. The van der Waals surface area contributed by atoms with Crippen LogP contribution in [0.4, 0.5) is 0 Å². The van der Waals surface area contributed by atoms with Crippen molar-refractivity contribution in [3.05, 3.63) is 35.9 Å². The van der Waals surface area contributed by atoms with Crippen molar-refractivity contribution in [2.24, 2.45) is 5.92 Å². The van der Waals surface area contributed by atoms with Crippen LogP contribution >= 0.6 is 28.4 Å². The fourth-order valence-electron chi connectivity index (χ4n) is 5.01. The van der Waals surface area contributed by atoms with Gasteiger partial charge in [-0.2, -0.15) is 7.20 Å². The number of hydrogen-bond acceptors (Lipinski definition) is 1. The summed E-state index contributed by atoms with van der Waals surface area (Å²) < 4.78 is 0. The normalized spacial score (nSPS) is 24.8. The van der Waals surface area contributed by atoms with Gasteiger partial charge < -0.3 is 0 Å². The summed E-state index contributed by atoms with van der Waals surface area (Å²) in [5.74, 6) is 1.07. The van der Waals surface area contributed by atoms with Crippen LogP contribution in [-0.4, -0.2) is 21.5 Å². The minimum Gasteiger partial charge on any atom is -0.293 e. The summed E-state index contributed by atoms with van der Waals surface area (Å²) in [6.45, 7) is 4.80. The summed E-state index contributed by atoms with van der Waals surface area (Å²) >= 11 is 2.84. The van der Waals surface area contributed by atoms with Crippen molar-refractivity contribution in [3.8, 4) is 0 Å². The molecule has 0 saturated heterocycles. The van der Waals surface area contributed by atoms with Gasteiger partial charge in [0.1, 0.15) is 0 Å². The van der Waals surface area contributed by atoms with Crippen molar-refractivity contribution in [1.82, 2.24) is 0 Å². The van der Waals surface area contributed by atoms with Crippen LogP contribution in [0.2, 0.25) is 0 Å². The molecule has 0 N–H and O–H groups in total. The molecule has 0 spiro atoms. The van der Waals surface area contributed by atoms with Crippen LogP contribution in [0.25, 0.3) is 0 Å². The fraction of sp³-hybridized carbons (Fsp3) is 0.682. The molecule has 0 radical (unpaired) electrons. The number of benzene rings is 1. The molecule has 2 atom stereocenters. The lowest BCUT2D eigenvalue weighted by atomic mass is 9.96. The van der Waals surface area contributed by atoms with E-state index in [1.54, 1.807) is 0 Å². The highest BCUT2D eigenvalue weighted by atomic mass is 127. The summed E-state index contributed by atoms with van der Waals surface area (Å²) in [6, 6.07) is 10.2. The molecule has 2 unspecified atom stereocenters. The number of carbonyl (C=O) groups is 1. The molecular formula is C22H33IOS. The number of hydrogen-bond donors (Lipinski definition) is 0. The Morgan fingerprint density at radius 2 is 1.52 bits per heavy atom. The van der Waals surface area contributed by atoms with Gasteiger partial charge >= 0.3 is 0 Å². The molecule has 0 aliphatic heterocycles. The highest BCUT2D eigenvalue weighted by Gasteiger charge is 2.48. The third-order valence-electron chi connectivity index (χ3n) is 6.32. The third kappa shape index (κ3) is 4.12. The maximum atomic E-state index is 13.7. The molecule has 0 bridgehead atoms. The summed E-state index contributed by atoms with van der Waals surface area (Å²) in [7, 11) is -1.01. The van der Waals surface area contributed by atoms with Crippen LogP contribution in [-0.2, 0) is 0 Å². The molecule has 2 saturated carbocycles. The predicted molar refractivity (Wildman–Crippen MR) is 120 cm³/mol. The van der Waals surface area contributed by atoms with Crippen LogP contribution in [0, 0.1) is 5.92 Å². The van der Waals surface area contributed by atoms with Gasteiger partial charge in [-0.15, -0.1) is 0 Å². The summed E-state index contributed by atoms with van der Waals surface area (Å²) in [6.07, 6.45) is 12.0. The zero-order valence-electron chi connectivity index (χ0n) is 15.8. The minimum atomic E-state index is -1.01. The second-order valence-corrected chi connectivity index (χ2v) is 16.2. The van der Waals surface area contributed by atoms with Crippen molar-refractivity contribution < 1.29 is 4.79 Å². The lowest BCUT2D eigenvalue weighted by Gasteiger charge is -2.53. The van der Waals surface area contributed by atoms with Crippen molar-refractivity contribution in [2.45, 2.75) is 87.4 Å². The Morgan fingerprint density at radius 1 is 0.960 bits per heavy atom. The molecule has 0 aromatic heterocycles. The smallest absolute Gasteiger partial charge is 0.175 e. The molecule has 1 aromatic carbocycles. The van der Waals surface area contributed by atoms with Gasteiger partial charge in [0.15, 0.2) is 5.78 Å². The van der Waals surface area contributed by atoms with E-state index in [1.807, 2.05) is 30.3 Å². The van der Waals surface area contributed by atoms with E-state index >= 15 is 0 Å². The van der Waals surface area contributed by atoms with Crippen LogP contribution in [0.3, 0.4) is 0 Å². The molecule has 1 nitrogen and oxygen atoms in total. The Bertz CT molecular complexity index is 561. The first-order chi connectivity index (χ1) is 12.0. The van der Waals surface area contributed by atoms with E-state index in [0.717, 1.165) is 10.8 Å². The van der Waals surface area contributed by atoms with Crippen LogP contribution in [0.5, 0.6) is 0 Å². The molecular weight excluding hydrogens is 439 g/mol. The van der Waals surface area contributed by atoms with Crippen LogP contribution < -0.4 is 0 Å². The highest BCUT2D eigenvalue weighted by molar-refractivity contribution is 14.2. The average Bonchev–Trinajstić information content (AvgIpc) is 3.17. The van der Waals surface area contributed by atoms with E-state index in [9.17, 15) is 4.79 Å². The molecule has 0 heterocycles. The van der Waals surface area contributed by atoms with Crippen LogP contribution in [0.1, 0.15) is 82.0 Å². The molecule has 25 heavy (non-hydrogen) atoms. The van der Waals surface area contributed by atoms with E-state index in [-0.39, 0.29) is 5.25 Å². The zero-order valence-corrected chi connectivity index (χ0v) is 18.7. The molecule has 0 amide bonds. The molecule has 1 aromatic rings. The van der Waals surface area contributed by atoms with E-state index in [1.165, 1.54) is 57.8 Å². The minimum absolute atomic E-state index is 0.265. The van der Waals surface area contributed by atoms with Gasteiger partial charge in [0.2, 0.25) is 0 Å². The van der Waals surface area contributed by atoms with E-state index < -0.39 is 7.20 Å². The first-order valence-electron chi connectivity index (χ1n) is 10.1. The summed E-state index contributed by atoms with van der Waals surface area (Å²) in [4.78, 5) is 13.7. The van der Waals surface area contributed by atoms with E-state index in [2.05, 4.69) is 35.1 Å². The van der Waals surface area contributed by atoms with Gasteiger partial charge in [0.05, 0.1) is 5.25 Å². The first kappa shape index (κ1) is 19.7. The highest BCUT2D eigenvalue weighted by Crippen LogP contribution is 2.72. The molecule has 2 aliphatic rings. The van der Waals surface area contributed by atoms with Gasteiger partial charge in [0.25, 0.3) is 0 Å². The van der Waals surface area contributed by atoms with E-state index in [4.69, 9.17) is 0 Å². The van der Waals surface area contributed by atoms with Crippen molar-refractivity contribution in [3.63, 3.8) is 0 Å². The zero-order chi connectivity index (χ0) is 17.9. The van der Waals surface area contributed by atoms with E-state index in [0.29, 0.717) is 17.0 Å². The standard InChI is InChI=1S/C22H33IOS/c1-17(2)25(23,20-15-7-4-8-16-20)22(19-13-9-10-14-19)21(24)18-11-5-3-6-12-18/h3,5-6,11-12,17,19-20,22H,4,7-10,13-16H2,1-2H3. The van der Waals surface area contributed by atoms with Crippen molar-refractivity contribution >= 4 is 34.2 Å². The van der Waals surface area contributed by atoms with Gasteiger partial charge in [-0.25, -0.2) is 0 Å². The van der Waals surface area contributed by atoms with Gasteiger partial charge in [-0.05, 0) is 63.3 Å². The second kappa shape index (κ2) is 8.77. The Kier molecular flexibility index (Phi) is 6.92. The number of carbonyl (C=O) groups excluding carboxylic acids is 1. The maximum absolute atomic E-state index is 13.7. The average molecular weight is 472 g/mol. The summed E-state index contributed by atoms with van der Waals surface area (Å²) in [5.41, 5.74) is 0.949. The van der Waals surface area contributed by atoms with Crippen LogP contribution in [0.15, 0.2) is 30.3 Å². The van der Waals surface area contributed by atoms with Crippen molar-refractivity contribution in [2.75, 3.05) is 0 Å². The van der Waals surface area contributed by atoms with Gasteiger partial charge in [0, 0.05) is 5.56 Å².